The molecule has 24 heavy (non-hydrogen) atoms. The number of nitrogens with zero attached hydrogens (tertiary/aromatic N) is 3. The smallest absolute Gasteiger partial charge is 0.410 e. The molecule has 8 heteroatoms. The van der Waals surface area contributed by atoms with Crippen LogP contribution in [-0.4, -0.2) is 86.3 Å². The molecule has 0 aromatic carbocycles. The normalized spacial score (nSPS) is 24.8. The van der Waals surface area contributed by atoms with Gasteiger partial charge in [-0.2, -0.15) is 0 Å². The molecule has 0 N–H and O–H groups in total. The van der Waals surface area contributed by atoms with E-state index < -0.39 is 15.6 Å². The Morgan fingerprint density at radius 1 is 1.12 bits per heavy atom. The minimum absolute atomic E-state index is 0.247. The van der Waals surface area contributed by atoms with Crippen molar-refractivity contribution in [1.82, 2.24) is 14.1 Å². The van der Waals surface area contributed by atoms with Gasteiger partial charge in [-0.05, 0) is 39.5 Å². The molecule has 2 heterocycles. The van der Waals surface area contributed by atoms with E-state index in [4.69, 9.17) is 4.74 Å². The Morgan fingerprint density at radius 3 is 2.29 bits per heavy atom. The van der Waals surface area contributed by atoms with E-state index in [1.54, 1.807) is 9.21 Å². The lowest BCUT2D eigenvalue weighted by molar-refractivity contribution is 0.0126. The van der Waals surface area contributed by atoms with Crippen LogP contribution in [0.2, 0.25) is 0 Å². The molecule has 2 fully saturated rings. The molecule has 1 amide bonds. The van der Waals surface area contributed by atoms with Gasteiger partial charge in [0, 0.05) is 45.8 Å². The quantitative estimate of drug-likeness (QED) is 0.756. The van der Waals surface area contributed by atoms with Crippen LogP contribution in [0.4, 0.5) is 4.79 Å². The molecule has 0 aromatic rings. The number of ether oxygens (including phenoxy) is 1. The molecule has 140 valence electrons. The summed E-state index contributed by atoms with van der Waals surface area (Å²) in [5.74, 6) is 0.376. The maximum atomic E-state index is 12.1. The SMILES string of the molecule is CC(C)(C)OC(=O)N1CCN(CC2CCCN(S(C)(=O)=O)C2)CC1. The van der Waals surface area contributed by atoms with Crippen LogP contribution in [0, 0.1) is 5.92 Å². The molecule has 1 atom stereocenters. The number of hydrogen-bond acceptors (Lipinski definition) is 5. The maximum absolute atomic E-state index is 12.1. The summed E-state index contributed by atoms with van der Waals surface area (Å²) >= 11 is 0. The number of piperazine rings is 1. The average Bonchev–Trinajstić information content (AvgIpc) is 2.45. The molecule has 2 aliphatic rings. The van der Waals surface area contributed by atoms with Crippen molar-refractivity contribution < 1.29 is 17.9 Å². The van der Waals surface area contributed by atoms with Crippen molar-refractivity contribution in [3.63, 3.8) is 0 Å². The second kappa shape index (κ2) is 7.58. The summed E-state index contributed by atoms with van der Waals surface area (Å²) in [6.07, 6.45) is 3.03. The standard InChI is InChI=1S/C16H31N3O4S/c1-16(2,3)23-15(20)18-10-8-17(9-11-18)12-14-6-5-7-19(13-14)24(4,21)22/h14H,5-13H2,1-4H3. The summed E-state index contributed by atoms with van der Waals surface area (Å²) in [5.41, 5.74) is -0.467. The fourth-order valence-electron chi connectivity index (χ4n) is 3.28. The van der Waals surface area contributed by atoms with Crippen molar-refractivity contribution in [3.8, 4) is 0 Å². The van der Waals surface area contributed by atoms with Gasteiger partial charge in [0.05, 0.1) is 6.26 Å². The fourth-order valence-corrected chi connectivity index (χ4v) is 4.22. The highest BCUT2D eigenvalue weighted by atomic mass is 32.2. The van der Waals surface area contributed by atoms with E-state index in [9.17, 15) is 13.2 Å². The predicted octanol–water partition coefficient (Wildman–Crippen LogP) is 1.21. The number of carbonyl (C=O) groups excluding carboxylic acids is 1. The highest BCUT2D eigenvalue weighted by Crippen LogP contribution is 2.20. The first-order chi connectivity index (χ1) is 11.0. The summed E-state index contributed by atoms with van der Waals surface area (Å²) in [6.45, 7) is 10.7. The maximum Gasteiger partial charge on any atom is 0.410 e. The second-order valence-corrected chi connectivity index (χ2v) is 9.88. The van der Waals surface area contributed by atoms with Gasteiger partial charge in [-0.3, -0.25) is 4.90 Å². The predicted molar refractivity (Wildman–Crippen MR) is 93.4 cm³/mol. The van der Waals surface area contributed by atoms with Crippen molar-refractivity contribution in [2.24, 2.45) is 5.92 Å². The molecule has 0 radical (unpaired) electrons. The van der Waals surface area contributed by atoms with Gasteiger partial charge in [0.15, 0.2) is 0 Å². The van der Waals surface area contributed by atoms with Crippen molar-refractivity contribution >= 4 is 16.1 Å². The second-order valence-electron chi connectivity index (χ2n) is 7.90. The molecule has 0 saturated carbocycles. The topological polar surface area (TPSA) is 70.2 Å². The molecule has 0 bridgehead atoms. The van der Waals surface area contributed by atoms with Gasteiger partial charge < -0.3 is 9.64 Å². The van der Waals surface area contributed by atoms with Crippen LogP contribution in [-0.2, 0) is 14.8 Å². The van der Waals surface area contributed by atoms with Gasteiger partial charge in [0.1, 0.15) is 5.60 Å². The van der Waals surface area contributed by atoms with Crippen LogP contribution >= 0.6 is 0 Å². The van der Waals surface area contributed by atoms with Crippen LogP contribution in [0.15, 0.2) is 0 Å². The van der Waals surface area contributed by atoms with Crippen LogP contribution in [0.5, 0.6) is 0 Å². The van der Waals surface area contributed by atoms with Crippen LogP contribution < -0.4 is 0 Å². The Kier molecular flexibility index (Phi) is 6.14. The number of piperidine rings is 1. The lowest BCUT2D eigenvalue weighted by Gasteiger charge is -2.39. The Balaban J connectivity index is 1.78. The fraction of sp³-hybridized carbons (Fsp3) is 0.938. The van der Waals surface area contributed by atoms with Gasteiger partial charge in [0.2, 0.25) is 10.0 Å². The molecule has 1 unspecified atom stereocenters. The lowest BCUT2D eigenvalue weighted by Crippen LogP contribution is -2.52. The number of sulfonamides is 1. The zero-order chi connectivity index (χ0) is 18.0. The summed E-state index contributed by atoms with van der Waals surface area (Å²) in [6, 6.07) is 0. The van der Waals surface area contributed by atoms with E-state index in [0.29, 0.717) is 32.1 Å². The van der Waals surface area contributed by atoms with Gasteiger partial charge in [-0.15, -0.1) is 0 Å². The van der Waals surface area contributed by atoms with Gasteiger partial charge >= 0.3 is 6.09 Å². The Labute approximate surface area is 146 Å². The van der Waals surface area contributed by atoms with E-state index in [0.717, 1.165) is 32.5 Å². The zero-order valence-electron chi connectivity index (χ0n) is 15.3. The third-order valence-electron chi connectivity index (χ3n) is 4.49. The van der Waals surface area contributed by atoms with E-state index in [1.807, 2.05) is 20.8 Å². The van der Waals surface area contributed by atoms with Crippen molar-refractivity contribution in [2.45, 2.75) is 39.2 Å². The lowest BCUT2D eigenvalue weighted by atomic mass is 9.99. The van der Waals surface area contributed by atoms with Gasteiger partial charge in [-0.25, -0.2) is 17.5 Å². The van der Waals surface area contributed by atoms with Gasteiger partial charge in [0.25, 0.3) is 0 Å². The Bertz CT molecular complexity index is 536. The average molecular weight is 362 g/mol. The third kappa shape index (κ3) is 5.89. The summed E-state index contributed by atoms with van der Waals surface area (Å²) < 4.78 is 30.4. The van der Waals surface area contributed by atoms with Crippen LogP contribution in [0.3, 0.4) is 0 Å². The number of rotatable bonds is 3. The van der Waals surface area contributed by atoms with E-state index in [2.05, 4.69) is 4.90 Å². The molecule has 2 saturated heterocycles. The summed E-state index contributed by atoms with van der Waals surface area (Å²) in [5, 5.41) is 0. The molecule has 0 spiro atoms. The molecule has 0 aromatic heterocycles. The first-order valence-corrected chi connectivity index (χ1v) is 10.5. The molecule has 7 nitrogen and oxygen atoms in total. The monoisotopic (exact) mass is 361 g/mol. The highest BCUT2D eigenvalue weighted by Gasteiger charge is 2.30. The molecule has 0 aliphatic carbocycles. The molecule has 2 aliphatic heterocycles. The van der Waals surface area contributed by atoms with E-state index in [-0.39, 0.29) is 6.09 Å². The number of hydrogen-bond donors (Lipinski definition) is 0. The minimum atomic E-state index is -3.09. The van der Waals surface area contributed by atoms with Crippen molar-refractivity contribution in [1.29, 1.82) is 0 Å². The summed E-state index contributed by atoms with van der Waals surface area (Å²) in [4.78, 5) is 16.2. The van der Waals surface area contributed by atoms with Crippen molar-refractivity contribution in [2.75, 3.05) is 52.1 Å². The van der Waals surface area contributed by atoms with E-state index >= 15 is 0 Å². The molecular formula is C16H31N3O4S. The van der Waals surface area contributed by atoms with Crippen molar-refractivity contribution in [3.05, 3.63) is 0 Å². The Hall–Kier alpha value is -0.860. The third-order valence-corrected chi connectivity index (χ3v) is 5.76. The van der Waals surface area contributed by atoms with Gasteiger partial charge in [-0.1, -0.05) is 0 Å². The zero-order valence-corrected chi connectivity index (χ0v) is 16.1. The first kappa shape index (κ1) is 19.5. The highest BCUT2D eigenvalue weighted by molar-refractivity contribution is 7.88. The summed E-state index contributed by atoms with van der Waals surface area (Å²) in [7, 11) is -3.09. The minimum Gasteiger partial charge on any atom is -0.444 e. The molecule has 2 rings (SSSR count). The largest absolute Gasteiger partial charge is 0.444 e. The number of amides is 1. The van der Waals surface area contributed by atoms with Crippen LogP contribution in [0.25, 0.3) is 0 Å². The van der Waals surface area contributed by atoms with E-state index in [1.165, 1.54) is 6.26 Å². The molecular weight excluding hydrogens is 330 g/mol. The Morgan fingerprint density at radius 2 is 1.75 bits per heavy atom. The number of carbonyl (C=O) groups is 1. The van der Waals surface area contributed by atoms with Crippen LogP contribution in [0.1, 0.15) is 33.6 Å². The first-order valence-electron chi connectivity index (χ1n) is 8.70.